The Kier molecular flexibility index (Phi) is 41.5. The van der Waals surface area contributed by atoms with Crippen molar-refractivity contribution in [1.29, 1.82) is 0 Å². The van der Waals surface area contributed by atoms with E-state index in [2.05, 4.69) is 251 Å². The van der Waals surface area contributed by atoms with Gasteiger partial charge in [0.15, 0.2) is 0 Å². The highest BCUT2D eigenvalue weighted by atomic mass is 32.1. The Morgan fingerprint density at radius 3 is 0.816 bits per heavy atom. The van der Waals surface area contributed by atoms with Crippen molar-refractivity contribution in [2.24, 2.45) is 0 Å². The molecule has 0 aliphatic heterocycles. The van der Waals surface area contributed by atoms with E-state index in [9.17, 15) is 0 Å². The highest BCUT2D eigenvalue weighted by molar-refractivity contribution is 7.75. The zero-order valence-electron chi connectivity index (χ0n) is 67.1. The van der Waals surface area contributed by atoms with E-state index in [0.29, 0.717) is 0 Å². The SMILES string of the molecule is CCCN(C)CCCN(C)c1c(C(C)(C)C)c(=S)c1=S.CCCN(CCC)CCCNc1c(C(C)(C)C)c(=S)c1=S.CCN(C)CCCN(C)c1c(C(C)(C)C)c(=S)c1=S.CCN(CC)CCCN(C)c1c(C(C)(C)C)c(=S)c1=S.CN(C)CCCN(C)c1c(C(C)(C)C)c(=S)c1=S. The molecule has 0 radical (unpaired) electrons. The van der Waals surface area contributed by atoms with Gasteiger partial charge in [0.25, 0.3) is 0 Å². The predicted octanol–water partition coefficient (Wildman–Crippen LogP) is 22.0. The molecule has 1 N–H and O–H groups in total. The second-order valence-corrected chi connectivity index (χ2v) is 36.5. The predicted molar refractivity (Wildman–Crippen MR) is 465 cm³/mol. The monoisotopic (exact) mass is 1530 g/mol. The van der Waals surface area contributed by atoms with E-state index in [4.69, 9.17) is 122 Å². The minimum Gasteiger partial charge on any atom is -0.384 e. The summed E-state index contributed by atoms with van der Waals surface area (Å²) in [5, 5.41) is 3.52. The maximum Gasteiger partial charge on any atom is 0.0798 e. The maximum absolute atomic E-state index is 5.45. The van der Waals surface area contributed by atoms with Crippen molar-refractivity contribution >= 4 is 151 Å². The van der Waals surface area contributed by atoms with Gasteiger partial charge < -0.3 is 49.4 Å². The van der Waals surface area contributed by atoms with Crippen LogP contribution in [-0.2, 0) is 27.1 Å². The van der Waals surface area contributed by atoms with Gasteiger partial charge in [-0.2, -0.15) is 0 Å². The van der Waals surface area contributed by atoms with Gasteiger partial charge in [0.05, 0.1) is 73.5 Å². The number of nitrogens with zero attached hydrogens (tertiary/aromatic N) is 9. The summed E-state index contributed by atoms with van der Waals surface area (Å²) in [6.45, 7) is 64.0. The van der Waals surface area contributed by atoms with E-state index in [-0.39, 0.29) is 27.1 Å². The third-order valence-electron chi connectivity index (χ3n) is 17.9. The van der Waals surface area contributed by atoms with Crippen molar-refractivity contribution < 1.29 is 0 Å². The van der Waals surface area contributed by atoms with Gasteiger partial charge in [-0.1, -0.05) is 268 Å². The van der Waals surface area contributed by atoms with Gasteiger partial charge in [0, 0.05) is 88.7 Å². The third-order valence-corrected chi connectivity index (χ3v) is 22.6. The molecule has 558 valence electrons. The number of hydrogen-bond acceptors (Lipinski definition) is 20. The Balaban J connectivity index is 0.000000613. The molecule has 0 unspecified atom stereocenters. The number of rotatable bonds is 34. The van der Waals surface area contributed by atoms with Gasteiger partial charge in [-0.15, -0.1) is 0 Å². The topological polar surface area (TPSA) is 41.2 Å². The largest absolute Gasteiger partial charge is 0.384 e. The lowest BCUT2D eigenvalue weighted by Gasteiger charge is -2.32. The molecule has 5 rings (SSSR count). The molecule has 0 amide bonds. The number of anilines is 5. The molecular formula is C78H136N10S10. The van der Waals surface area contributed by atoms with E-state index < -0.39 is 0 Å². The second-order valence-electron chi connectivity index (χ2n) is 32.4. The summed E-state index contributed by atoms with van der Waals surface area (Å²) in [7, 11) is 17.1. The first kappa shape index (κ1) is 94.4. The molecule has 0 saturated carbocycles. The van der Waals surface area contributed by atoms with Crippen LogP contribution in [0.3, 0.4) is 0 Å². The van der Waals surface area contributed by atoms with Gasteiger partial charge in [0.1, 0.15) is 0 Å². The summed E-state index contributed by atoms with van der Waals surface area (Å²) in [4.78, 5) is 21.1. The number of nitrogens with one attached hydrogen (secondary N) is 1. The molecule has 5 aromatic carbocycles. The molecular weight excluding hydrogens is 1400 g/mol. The van der Waals surface area contributed by atoms with Crippen molar-refractivity contribution in [3.63, 3.8) is 0 Å². The highest BCUT2D eigenvalue weighted by Crippen LogP contribution is 2.43. The van der Waals surface area contributed by atoms with Crippen LogP contribution in [0.1, 0.15) is 225 Å². The summed E-state index contributed by atoms with van der Waals surface area (Å²) in [6, 6.07) is 0. The fraction of sp³-hybridized carbons (Fsp3) is 0.744. The van der Waals surface area contributed by atoms with Gasteiger partial charge >= 0.3 is 0 Å². The van der Waals surface area contributed by atoms with Gasteiger partial charge in [-0.05, 0) is 179 Å². The molecule has 0 aromatic heterocycles. The minimum atomic E-state index is 0.0815. The van der Waals surface area contributed by atoms with Crippen LogP contribution in [0.25, 0.3) is 0 Å². The van der Waals surface area contributed by atoms with Crippen LogP contribution < -0.4 is 24.9 Å². The quantitative estimate of drug-likeness (QED) is 0.0314. The van der Waals surface area contributed by atoms with Gasteiger partial charge in [-0.3, -0.25) is 0 Å². The normalized spacial score (nSPS) is 12.3. The number of hydrogen-bond donors (Lipinski definition) is 1. The zero-order valence-corrected chi connectivity index (χ0v) is 75.2. The average Bonchev–Trinajstić information content (AvgIpc) is 0.784. The molecule has 0 spiro atoms. The van der Waals surface area contributed by atoms with Crippen LogP contribution in [0.15, 0.2) is 0 Å². The van der Waals surface area contributed by atoms with E-state index in [1.165, 1.54) is 89.5 Å². The zero-order chi connectivity index (χ0) is 75.9. The highest BCUT2D eigenvalue weighted by Gasteiger charge is 2.32. The van der Waals surface area contributed by atoms with Crippen molar-refractivity contribution in [2.45, 2.75) is 224 Å². The van der Waals surface area contributed by atoms with E-state index in [1.807, 2.05) is 0 Å². The van der Waals surface area contributed by atoms with Crippen molar-refractivity contribution in [3.05, 3.63) is 72.9 Å². The Morgan fingerprint density at radius 1 is 0.265 bits per heavy atom. The first-order chi connectivity index (χ1) is 45.1. The second kappa shape index (κ2) is 43.1. The molecule has 0 bridgehead atoms. The summed E-state index contributed by atoms with van der Waals surface area (Å²) in [5.74, 6) is 0. The smallest absolute Gasteiger partial charge is 0.0798 e. The van der Waals surface area contributed by atoms with E-state index >= 15 is 0 Å². The van der Waals surface area contributed by atoms with Crippen molar-refractivity contribution in [2.75, 3.05) is 186 Å². The van der Waals surface area contributed by atoms with Gasteiger partial charge in [-0.25, -0.2) is 0 Å². The Hall–Kier alpha value is -1.60. The molecule has 0 aliphatic rings. The fourth-order valence-electron chi connectivity index (χ4n) is 12.5. The first-order valence-corrected chi connectivity index (χ1v) is 40.4. The molecule has 10 nitrogen and oxygen atoms in total. The molecule has 0 atom stereocenters. The Morgan fingerprint density at radius 2 is 0.541 bits per heavy atom. The van der Waals surface area contributed by atoms with Crippen molar-refractivity contribution in [3.8, 4) is 0 Å². The van der Waals surface area contributed by atoms with Crippen LogP contribution >= 0.6 is 122 Å². The molecule has 5 aromatic rings. The summed E-state index contributed by atoms with van der Waals surface area (Å²) < 4.78 is 8.86. The lowest BCUT2D eigenvalue weighted by atomic mass is 9.83. The van der Waals surface area contributed by atoms with Crippen LogP contribution in [0.5, 0.6) is 0 Å². The first-order valence-electron chi connectivity index (χ1n) is 36.4. The average molecular weight is 1530 g/mol. The van der Waals surface area contributed by atoms with Gasteiger partial charge in [0.2, 0.25) is 0 Å². The Bertz CT molecular complexity index is 3570. The van der Waals surface area contributed by atoms with Crippen LogP contribution in [0.4, 0.5) is 28.4 Å². The molecule has 0 heterocycles. The molecule has 20 heteroatoms. The van der Waals surface area contributed by atoms with Crippen molar-refractivity contribution in [1.82, 2.24) is 24.5 Å². The molecule has 98 heavy (non-hydrogen) atoms. The summed E-state index contributed by atoms with van der Waals surface area (Å²) in [5.41, 5.74) is 12.6. The molecule has 0 fully saturated rings. The van der Waals surface area contributed by atoms with Crippen LogP contribution in [-0.4, -0.2) is 186 Å². The fourth-order valence-corrected chi connectivity index (χ4v) is 16.7. The van der Waals surface area contributed by atoms with E-state index in [1.54, 1.807) is 0 Å². The summed E-state index contributed by atoms with van der Waals surface area (Å²) >= 11 is 54.2. The molecule has 0 aliphatic carbocycles. The molecule has 0 saturated heterocycles. The lowest BCUT2D eigenvalue weighted by Crippen LogP contribution is -2.30. The summed E-state index contributed by atoms with van der Waals surface area (Å²) in [6.07, 6.45) is 9.42. The van der Waals surface area contributed by atoms with Crippen LogP contribution in [0, 0.1) is 45.1 Å². The lowest BCUT2D eigenvalue weighted by molar-refractivity contribution is 0.274. The maximum atomic E-state index is 5.45. The standard InChI is InChI=1S/C17H30N2S2.2C16H28N2S2.C15H26N2S2.C14H24N2S2/c1-6-10-19(11-7-2)12-8-9-18-14-13(17(3,4)5)15(20)16(14)21;1-7-9-17(5)10-8-11-18(6)13-12(16(2,3)4)14(19)15(13)20;1-7-18(8-2)11-9-10-17(6)13-12(16(3,4)5)14(19)15(13)20;1-7-16(5)9-8-10-17(6)12-11(15(2,3)4)13(18)14(12)19;1-14(2,3)10-11(13(18)12(10)17)16(6)9-7-8-15(4)5/h18H,6-12H2,1-5H3;2*7-11H2,1-6H3;7-10H2,1-6H3;7-9H2,1-6H3. The minimum absolute atomic E-state index is 0.0815. The van der Waals surface area contributed by atoms with E-state index in [0.717, 1.165) is 168 Å². The Labute approximate surface area is 652 Å². The third kappa shape index (κ3) is 28.4. The van der Waals surface area contributed by atoms with Crippen LogP contribution in [0.2, 0.25) is 0 Å².